The Morgan fingerprint density at radius 1 is 1.55 bits per heavy atom. The van der Waals surface area contributed by atoms with Gasteiger partial charge in [-0.05, 0) is 19.8 Å². The number of nitrogens with one attached hydrogen (secondary N) is 1. The van der Waals surface area contributed by atoms with Crippen molar-refractivity contribution in [3.8, 4) is 0 Å². The second kappa shape index (κ2) is 6.17. The number of sulfonamides is 1. The number of thiazole rings is 1. The SMILES string of the molecule is CC(NS(=O)(=O)C1CCOCC1)c1nc(C(=O)O)cs1. The fourth-order valence-corrected chi connectivity index (χ4v) is 4.45. The monoisotopic (exact) mass is 320 g/mol. The van der Waals surface area contributed by atoms with Crippen molar-refractivity contribution in [3.63, 3.8) is 0 Å². The number of carboxylic acids is 1. The first-order valence-electron chi connectivity index (χ1n) is 6.18. The molecule has 0 amide bonds. The molecule has 1 atom stereocenters. The minimum absolute atomic E-state index is 0.0675. The highest BCUT2D eigenvalue weighted by atomic mass is 32.2. The molecule has 0 radical (unpaired) electrons. The van der Waals surface area contributed by atoms with Crippen molar-refractivity contribution in [2.24, 2.45) is 0 Å². The average molecular weight is 320 g/mol. The number of aromatic carboxylic acids is 1. The van der Waals surface area contributed by atoms with Gasteiger partial charge in [-0.15, -0.1) is 11.3 Å². The molecule has 0 saturated carbocycles. The first-order valence-corrected chi connectivity index (χ1v) is 8.60. The third kappa shape index (κ3) is 3.54. The van der Waals surface area contributed by atoms with Gasteiger partial charge >= 0.3 is 5.97 Å². The average Bonchev–Trinajstić information content (AvgIpc) is 2.89. The van der Waals surface area contributed by atoms with Gasteiger partial charge in [-0.25, -0.2) is 22.9 Å². The van der Waals surface area contributed by atoms with Crippen LogP contribution in [-0.4, -0.2) is 42.9 Å². The molecule has 2 heterocycles. The topological polar surface area (TPSA) is 106 Å². The number of nitrogens with zero attached hydrogens (tertiary/aromatic N) is 1. The maximum absolute atomic E-state index is 12.2. The van der Waals surface area contributed by atoms with Gasteiger partial charge in [-0.3, -0.25) is 0 Å². The maximum atomic E-state index is 12.2. The Morgan fingerprint density at radius 2 is 2.20 bits per heavy atom. The van der Waals surface area contributed by atoms with Crippen molar-refractivity contribution >= 4 is 27.3 Å². The predicted molar refractivity (Wildman–Crippen MR) is 73.4 cm³/mol. The van der Waals surface area contributed by atoms with E-state index in [0.29, 0.717) is 31.1 Å². The van der Waals surface area contributed by atoms with Crippen molar-refractivity contribution in [2.45, 2.75) is 31.1 Å². The third-order valence-corrected chi connectivity index (χ3v) is 6.12. The van der Waals surface area contributed by atoms with Crippen LogP contribution < -0.4 is 4.72 Å². The van der Waals surface area contributed by atoms with E-state index in [1.54, 1.807) is 6.92 Å². The Hall–Kier alpha value is -1.03. The number of hydrogen-bond acceptors (Lipinski definition) is 6. The van der Waals surface area contributed by atoms with Gasteiger partial charge in [0.2, 0.25) is 10.0 Å². The summed E-state index contributed by atoms with van der Waals surface area (Å²) in [6.45, 7) is 2.54. The Bertz CT molecular complexity index is 577. The minimum atomic E-state index is -3.45. The van der Waals surface area contributed by atoms with Crippen LogP contribution in [0, 0.1) is 0 Å². The van der Waals surface area contributed by atoms with Crippen LogP contribution in [0.5, 0.6) is 0 Å². The van der Waals surface area contributed by atoms with E-state index >= 15 is 0 Å². The first kappa shape index (κ1) is 15.4. The number of ether oxygens (including phenoxy) is 1. The summed E-state index contributed by atoms with van der Waals surface area (Å²) in [5.74, 6) is -1.12. The molecule has 1 saturated heterocycles. The summed E-state index contributed by atoms with van der Waals surface area (Å²) in [7, 11) is -3.45. The maximum Gasteiger partial charge on any atom is 0.355 e. The summed E-state index contributed by atoms with van der Waals surface area (Å²) in [6.07, 6.45) is 0.945. The molecule has 0 aliphatic carbocycles. The quantitative estimate of drug-likeness (QED) is 0.838. The zero-order valence-electron chi connectivity index (χ0n) is 10.9. The molecule has 20 heavy (non-hydrogen) atoms. The molecular weight excluding hydrogens is 304 g/mol. The Balaban J connectivity index is 2.05. The van der Waals surface area contributed by atoms with Crippen LogP contribution in [0.25, 0.3) is 0 Å². The second-order valence-electron chi connectivity index (χ2n) is 4.57. The van der Waals surface area contributed by atoms with Crippen LogP contribution in [0.3, 0.4) is 0 Å². The van der Waals surface area contributed by atoms with E-state index in [-0.39, 0.29) is 5.69 Å². The zero-order valence-corrected chi connectivity index (χ0v) is 12.5. The summed E-state index contributed by atoms with van der Waals surface area (Å²) < 4.78 is 32.1. The van der Waals surface area contributed by atoms with E-state index in [4.69, 9.17) is 9.84 Å². The molecule has 7 nitrogen and oxygen atoms in total. The van der Waals surface area contributed by atoms with Gasteiger partial charge in [-0.2, -0.15) is 0 Å². The Kier molecular flexibility index (Phi) is 4.74. The molecular formula is C11H16N2O5S2. The molecule has 0 bridgehead atoms. The molecule has 1 aliphatic rings. The van der Waals surface area contributed by atoms with E-state index in [1.807, 2.05) is 0 Å². The molecule has 1 aromatic heterocycles. The van der Waals surface area contributed by atoms with E-state index < -0.39 is 27.3 Å². The smallest absolute Gasteiger partial charge is 0.355 e. The van der Waals surface area contributed by atoms with Crippen LogP contribution in [0.15, 0.2) is 5.38 Å². The van der Waals surface area contributed by atoms with E-state index in [2.05, 4.69) is 9.71 Å². The molecule has 1 aromatic rings. The predicted octanol–water partition coefficient (Wildman–Crippen LogP) is 1.00. The van der Waals surface area contributed by atoms with Gasteiger partial charge in [0, 0.05) is 18.6 Å². The lowest BCUT2D eigenvalue weighted by Gasteiger charge is -2.23. The van der Waals surface area contributed by atoms with Crippen molar-refractivity contribution in [1.82, 2.24) is 9.71 Å². The molecule has 1 unspecified atom stereocenters. The molecule has 1 fully saturated rings. The second-order valence-corrected chi connectivity index (χ2v) is 7.45. The summed E-state index contributed by atoms with van der Waals surface area (Å²) >= 11 is 1.13. The fourth-order valence-electron chi connectivity index (χ4n) is 1.96. The van der Waals surface area contributed by atoms with E-state index in [0.717, 1.165) is 11.3 Å². The summed E-state index contributed by atoms with van der Waals surface area (Å²) in [5, 5.41) is 10.2. The summed E-state index contributed by atoms with van der Waals surface area (Å²) in [4.78, 5) is 14.7. The highest BCUT2D eigenvalue weighted by molar-refractivity contribution is 7.90. The normalized spacial score (nSPS) is 18.9. The van der Waals surface area contributed by atoms with Crippen molar-refractivity contribution in [1.29, 1.82) is 0 Å². The van der Waals surface area contributed by atoms with E-state index in [1.165, 1.54) is 5.38 Å². The van der Waals surface area contributed by atoms with E-state index in [9.17, 15) is 13.2 Å². The van der Waals surface area contributed by atoms with Gasteiger partial charge in [0.25, 0.3) is 0 Å². The first-order chi connectivity index (χ1) is 9.40. The largest absolute Gasteiger partial charge is 0.476 e. The Labute approximate surface area is 121 Å². The third-order valence-electron chi connectivity index (χ3n) is 3.06. The van der Waals surface area contributed by atoms with Gasteiger partial charge in [0.05, 0.1) is 11.3 Å². The number of rotatable bonds is 5. The molecule has 2 N–H and O–H groups in total. The summed E-state index contributed by atoms with van der Waals surface area (Å²) in [5.41, 5.74) is -0.0675. The van der Waals surface area contributed by atoms with Crippen LogP contribution in [0.2, 0.25) is 0 Å². The van der Waals surface area contributed by atoms with Crippen LogP contribution in [-0.2, 0) is 14.8 Å². The molecule has 9 heteroatoms. The lowest BCUT2D eigenvalue weighted by atomic mass is 10.2. The number of carbonyl (C=O) groups is 1. The number of hydrogen-bond donors (Lipinski definition) is 2. The van der Waals surface area contributed by atoms with Crippen molar-refractivity contribution in [2.75, 3.05) is 13.2 Å². The zero-order chi connectivity index (χ0) is 14.8. The van der Waals surface area contributed by atoms with Crippen molar-refractivity contribution < 1.29 is 23.1 Å². The lowest BCUT2D eigenvalue weighted by Crippen LogP contribution is -2.39. The highest BCUT2D eigenvalue weighted by Crippen LogP contribution is 2.22. The summed E-state index contributed by atoms with van der Waals surface area (Å²) in [6, 6.07) is -0.541. The van der Waals surface area contributed by atoms with Crippen molar-refractivity contribution in [3.05, 3.63) is 16.1 Å². The van der Waals surface area contributed by atoms with Crippen LogP contribution >= 0.6 is 11.3 Å². The molecule has 0 aromatic carbocycles. The fraction of sp³-hybridized carbons (Fsp3) is 0.636. The molecule has 112 valence electrons. The van der Waals surface area contributed by atoms with Gasteiger partial charge < -0.3 is 9.84 Å². The van der Waals surface area contributed by atoms with Crippen LogP contribution in [0.4, 0.5) is 0 Å². The number of carboxylic acid groups (broad SMARTS) is 1. The Morgan fingerprint density at radius 3 is 2.75 bits per heavy atom. The molecule has 2 rings (SSSR count). The standard InChI is InChI=1S/C11H16N2O5S2/c1-7(10-12-9(6-19-10)11(14)15)13-20(16,17)8-2-4-18-5-3-8/h6-8,13H,2-5H2,1H3,(H,14,15). The number of aromatic nitrogens is 1. The minimum Gasteiger partial charge on any atom is -0.476 e. The molecule has 0 spiro atoms. The van der Waals surface area contributed by atoms with Gasteiger partial charge in [-0.1, -0.05) is 0 Å². The highest BCUT2D eigenvalue weighted by Gasteiger charge is 2.29. The van der Waals surface area contributed by atoms with Crippen LogP contribution in [0.1, 0.15) is 41.3 Å². The van der Waals surface area contributed by atoms with Gasteiger partial charge in [0.1, 0.15) is 5.01 Å². The van der Waals surface area contributed by atoms with Gasteiger partial charge in [0.15, 0.2) is 5.69 Å². The molecule has 1 aliphatic heterocycles. The lowest BCUT2D eigenvalue weighted by molar-refractivity contribution is 0.0691.